The van der Waals surface area contributed by atoms with E-state index in [4.69, 9.17) is 0 Å². The van der Waals surface area contributed by atoms with Crippen LogP contribution in [0.2, 0.25) is 36.3 Å². The van der Waals surface area contributed by atoms with E-state index in [2.05, 4.69) is 90.1 Å². The molecule has 0 spiro atoms. The summed E-state index contributed by atoms with van der Waals surface area (Å²) in [5, 5.41) is 3.29. The minimum absolute atomic E-state index is 1.27. The van der Waals surface area contributed by atoms with Gasteiger partial charge in [-0.25, -0.2) is 0 Å². The van der Waals surface area contributed by atoms with Gasteiger partial charge in [0.15, 0.2) is 0 Å². The fourth-order valence-corrected chi connectivity index (χ4v) is 12.9. The van der Waals surface area contributed by atoms with Gasteiger partial charge >= 0.3 is 191 Å². The Morgan fingerprint density at radius 2 is 0.786 bits per heavy atom. The maximum absolute atomic E-state index is 2.44. The second-order valence-corrected chi connectivity index (χ2v) is 20.0. The van der Waals surface area contributed by atoms with Gasteiger partial charge in [0.2, 0.25) is 0 Å². The first kappa shape index (κ1) is 23.9. The van der Waals surface area contributed by atoms with Crippen LogP contribution in [-0.4, -0.2) is 19.4 Å². The second-order valence-electron chi connectivity index (χ2n) is 8.21. The van der Waals surface area contributed by atoms with Gasteiger partial charge in [0.25, 0.3) is 0 Å². The molecular weight excluding hydrogens is 448 g/mol. The Morgan fingerprint density at radius 3 is 1.00 bits per heavy atom. The van der Waals surface area contributed by atoms with Crippen LogP contribution in [-0.2, 0) is 24.2 Å². The summed E-state index contributed by atoms with van der Waals surface area (Å²) < 4.78 is 1.49. The molecule has 0 nitrogen and oxygen atoms in total. The first-order valence-electron chi connectivity index (χ1n) is 11.3. The van der Waals surface area contributed by atoms with Crippen LogP contribution in [0.3, 0.4) is 0 Å². The van der Waals surface area contributed by atoms with E-state index in [-0.39, 0.29) is 0 Å². The number of hydrogen-bond acceptors (Lipinski definition) is 0. The predicted molar refractivity (Wildman–Crippen MR) is 130 cm³/mol. The van der Waals surface area contributed by atoms with Crippen molar-refractivity contribution in [1.29, 1.82) is 0 Å². The Morgan fingerprint density at radius 1 is 0.536 bits per heavy atom. The van der Waals surface area contributed by atoms with Gasteiger partial charge in [-0.15, -0.1) is 0 Å². The van der Waals surface area contributed by atoms with E-state index in [1.165, 1.54) is 74.8 Å². The van der Waals surface area contributed by atoms with Crippen LogP contribution < -0.4 is 10.4 Å². The van der Waals surface area contributed by atoms with Crippen LogP contribution in [0.15, 0.2) is 48.5 Å². The molecule has 0 atom stereocenters. The third-order valence-corrected chi connectivity index (χ3v) is 20.3. The van der Waals surface area contributed by atoms with Crippen molar-refractivity contribution in [1.82, 2.24) is 0 Å². The topological polar surface area (TPSA) is 0 Å². The third-order valence-electron chi connectivity index (χ3n) is 7.63. The van der Waals surface area contributed by atoms with Crippen LogP contribution in [0, 0.1) is 0 Å². The molecule has 0 aliphatic rings. The van der Waals surface area contributed by atoms with E-state index in [0.29, 0.717) is 0 Å². The van der Waals surface area contributed by atoms with Crippen molar-refractivity contribution < 1.29 is 24.2 Å². The zero-order valence-electron chi connectivity index (χ0n) is 18.9. The summed E-state index contributed by atoms with van der Waals surface area (Å²) in [5.41, 5.74) is 2.82. The van der Waals surface area contributed by atoms with Crippen LogP contribution >= 0.6 is 0 Å². The first-order valence-corrected chi connectivity index (χ1v) is 17.7. The maximum atomic E-state index is 2.44. The van der Waals surface area contributed by atoms with Crippen LogP contribution in [0.5, 0.6) is 0 Å². The fourth-order valence-electron chi connectivity index (χ4n) is 4.87. The quantitative estimate of drug-likeness (QED) is 0.350. The SMILES string of the molecule is CC[Si](CC)(CC)c1ccc([C](=[Zr+2])c2ccc([Si](CC)(CC)CC)cc2)cc1. The zero-order valence-corrected chi connectivity index (χ0v) is 23.3. The molecule has 0 fully saturated rings. The van der Waals surface area contributed by atoms with Gasteiger partial charge in [-0.05, 0) is 0 Å². The van der Waals surface area contributed by atoms with Crippen LogP contribution in [0.4, 0.5) is 0 Å². The van der Waals surface area contributed by atoms with Gasteiger partial charge < -0.3 is 0 Å². The summed E-state index contributed by atoms with van der Waals surface area (Å²) in [5.74, 6) is 0. The molecule has 0 saturated carbocycles. The molecule has 0 saturated heterocycles. The Balaban J connectivity index is 2.27. The average Bonchev–Trinajstić information content (AvgIpc) is 2.77. The molecule has 2 rings (SSSR count). The number of rotatable bonds is 10. The monoisotopic (exact) mass is 484 g/mol. The van der Waals surface area contributed by atoms with E-state index < -0.39 is 16.1 Å². The van der Waals surface area contributed by atoms with Gasteiger partial charge in [0.1, 0.15) is 0 Å². The zero-order chi connectivity index (χ0) is 20.8. The van der Waals surface area contributed by atoms with E-state index in [1.54, 1.807) is 10.4 Å². The molecule has 0 aliphatic carbocycles. The molecular formula is C25H38Si2Zr+2. The van der Waals surface area contributed by atoms with Crippen molar-refractivity contribution in [3.8, 4) is 0 Å². The molecule has 0 aliphatic heterocycles. The van der Waals surface area contributed by atoms with E-state index in [9.17, 15) is 0 Å². The predicted octanol–water partition coefficient (Wildman–Crippen LogP) is 6.23. The summed E-state index contributed by atoms with van der Waals surface area (Å²) in [6.45, 7) is 14.3. The molecule has 0 amide bonds. The normalized spacial score (nSPS) is 12.3. The van der Waals surface area contributed by atoms with Crippen molar-refractivity contribution in [2.24, 2.45) is 0 Å². The summed E-state index contributed by atoms with van der Waals surface area (Å²) >= 11 is 1.50. The summed E-state index contributed by atoms with van der Waals surface area (Å²) in [7, 11) is -2.54. The molecule has 0 unspecified atom stereocenters. The number of hydrogen-bond donors (Lipinski definition) is 0. The Labute approximate surface area is 190 Å². The van der Waals surface area contributed by atoms with E-state index in [1.807, 2.05) is 0 Å². The van der Waals surface area contributed by atoms with Crippen LogP contribution in [0.25, 0.3) is 0 Å². The molecule has 0 bridgehead atoms. The van der Waals surface area contributed by atoms with Crippen molar-refractivity contribution in [2.45, 2.75) is 77.8 Å². The van der Waals surface area contributed by atoms with Gasteiger partial charge in [-0.1, -0.05) is 0 Å². The summed E-state index contributed by atoms with van der Waals surface area (Å²) in [4.78, 5) is 0. The van der Waals surface area contributed by atoms with Gasteiger partial charge in [-0.3, -0.25) is 0 Å². The van der Waals surface area contributed by atoms with E-state index >= 15 is 0 Å². The molecule has 148 valence electrons. The fraction of sp³-hybridized carbons (Fsp3) is 0.480. The van der Waals surface area contributed by atoms with Gasteiger partial charge in [0.05, 0.1) is 0 Å². The molecule has 2 aromatic rings. The second kappa shape index (κ2) is 10.6. The van der Waals surface area contributed by atoms with Gasteiger partial charge in [0, 0.05) is 0 Å². The third kappa shape index (κ3) is 4.68. The van der Waals surface area contributed by atoms with E-state index in [0.717, 1.165) is 0 Å². The van der Waals surface area contributed by atoms with Crippen molar-refractivity contribution in [2.75, 3.05) is 0 Å². The Bertz CT molecular complexity index is 672. The Hall–Kier alpha value is -0.373. The summed E-state index contributed by atoms with van der Waals surface area (Å²) in [6.07, 6.45) is 0. The molecule has 0 radical (unpaired) electrons. The van der Waals surface area contributed by atoms with Crippen LogP contribution in [0.1, 0.15) is 52.7 Å². The average molecular weight is 486 g/mol. The number of benzene rings is 2. The Kier molecular flexibility index (Phi) is 9.04. The minimum atomic E-state index is -1.27. The molecule has 28 heavy (non-hydrogen) atoms. The molecule has 0 heterocycles. The summed E-state index contributed by atoms with van der Waals surface area (Å²) in [6, 6.07) is 27.5. The molecule has 0 N–H and O–H groups in total. The molecule has 2 aromatic carbocycles. The van der Waals surface area contributed by atoms with Crippen molar-refractivity contribution >= 4 is 29.7 Å². The van der Waals surface area contributed by atoms with Crippen molar-refractivity contribution in [3.05, 3.63) is 59.7 Å². The standard InChI is InChI=1S/C25H38Si2.Zr/c1-7-26(8-2,9-3)24-17-13-22(14-18-24)21-23-15-19-25(20-16-23)27(10-4,11-5)12-6;/h13-20H,7-12H2,1-6H3;/q;+2. The van der Waals surface area contributed by atoms with Gasteiger partial charge in [-0.2, -0.15) is 0 Å². The molecule has 3 heteroatoms. The molecule has 0 aromatic heterocycles. The van der Waals surface area contributed by atoms with Crippen molar-refractivity contribution in [3.63, 3.8) is 0 Å². The first-order chi connectivity index (χ1) is 13.5.